The number of nitrogens with one attached hydrogen (secondary N) is 2. The van der Waals surface area contributed by atoms with Gasteiger partial charge < -0.3 is 20.4 Å². The molecule has 0 saturated carbocycles. The Morgan fingerprint density at radius 2 is 1.35 bits per heavy atom. The predicted molar refractivity (Wildman–Crippen MR) is 123 cm³/mol. The minimum atomic E-state index is -0.325. The van der Waals surface area contributed by atoms with Gasteiger partial charge in [0.25, 0.3) is 5.91 Å². The molecule has 3 amide bonds. The first-order chi connectivity index (χ1) is 15.1. The Labute approximate surface area is 182 Å². The number of rotatable bonds is 4. The maximum atomic E-state index is 13.3. The molecule has 31 heavy (non-hydrogen) atoms. The number of para-hydroxylation sites is 1. The average Bonchev–Trinajstić information content (AvgIpc) is 2.80. The Kier molecular flexibility index (Phi) is 6.29. The summed E-state index contributed by atoms with van der Waals surface area (Å²) in [5.41, 5.74) is 3.09. The molecule has 158 valence electrons. The molecule has 0 bridgehead atoms. The van der Waals surface area contributed by atoms with Crippen molar-refractivity contribution >= 4 is 23.3 Å². The quantitative estimate of drug-likeness (QED) is 0.663. The number of carbonyl (C=O) groups is 2. The molecule has 1 aliphatic rings. The lowest BCUT2D eigenvalue weighted by Crippen LogP contribution is -2.49. The standard InChI is InChI=1S/C25H26N4O2/c1-28-16-17-29(23(18-28)19-8-4-2-5-9-19)24(30)20-12-14-22(15-13-20)27-25(31)26-21-10-6-3-7-11-21/h2-15,23H,16-18H2,1H3,(H2,26,27,31)/t23-/m1/s1. The van der Waals surface area contributed by atoms with Crippen molar-refractivity contribution in [2.45, 2.75) is 6.04 Å². The maximum Gasteiger partial charge on any atom is 0.323 e. The Morgan fingerprint density at radius 1 is 0.774 bits per heavy atom. The lowest BCUT2D eigenvalue weighted by molar-refractivity contribution is 0.0498. The highest BCUT2D eigenvalue weighted by atomic mass is 16.2. The van der Waals surface area contributed by atoms with Crippen molar-refractivity contribution in [1.29, 1.82) is 0 Å². The molecule has 1 aliphatic heterocycles. The van der Waals surface area contributed by atoms with E-state index in [2.05, 4.69) is 34.7 Å². The third-order valence-electron chi connectivity index (χ3n) is 5.45. The molecule has 0 unspecified atom stereocenters. The Morgan fingerprint density at radius 3 is 2.00 bits per heavy atom. The summed E-state index contributed by atoms with van der Waals surface area (Å²) in [7, 11) is 2.08. The van der Waals surface area contributed by atoms with E-state index in [1.807, 2.05) is 53.4 Å². The molecule has 3 aromatic carbocycles. The van der Waals surface area contributed by atoms with Crippen LogP contribution in [0.1, 0.15) is 22.0 Å². The van der Waals surface area contributed by atoms with Gasteiger partial charge >= 0.3 is 6.03 Å². The summed E-state index contributed by atoms with van der Waals surface area (Å²) in [6.07, 6.45) is 0. The summed E-state index contributed by atoms with van der Waals surface area (Å²) in [6.45, 7) is 2.32. The summed E-state index contributed by atoms with van der Waals surface area (Å²) in [5, 5.41) is 5.57. The number of likely N-dealkylation sites (N-methyl/N-ethyl adjacent to an activating group) is 1. The summed E-state index contributed by atoms with van der Waals surface area (Å²) in [5.74, 6) is 0.00207. The van der Waals surface area contributed by atoms with E-state index in [0.717, 1.165) is 18.7 Å². The summed E-state index contributed by atoms with van der Waals surface area (Å²) in [4.78, 5) is 29.6. The van der Waals surface area contributed by atoms with Gasteiger partial charge in [-0.15, -0.1) is 0 Å². The number of hydrogen-bond acceptors (Lipinski definition) is 3. The number of benzene rings is 3. The number of carbonyl (C=O) groups excluding carboxylic acids is 2. The van der Waals surface area contributed by atoms with Crippen molar-refractivity contribution in [3.63, 3.8) is 0 Å². The van der Waals surface area contributed by atoms with Crippen LogP contribution in [0.3, 0.4) is 0 Å². The molecule has 1 heterocycles. The smallest absolute Gasteiger partial charge is 0.323 e. The average molecular weight is 415 g/mol. The Balaban J connectivity index is 1.44. The third kappa shape index (κ3) is 5.10. The van der Waals surface area contributed by atoms with Crippen molar-refractivity contribution < 1.29 is 9.59 Å². The maximum absolute atomic E-state index is 13.3. The fraction of sp³-hybridized carbons (Fsp3) is 0.200. The number of nitrogens with zero attached hydrogens (tertiary/aromatic N) is 2. The van der Waals surface area contributed by atoms with Gasteiger partial charge in [-0.05, 0) is 49.0 Å². The summed E-state index contributed by atoms with van der Waals surface area (Å²) in [6, 6.07) is 26.1. The van der Waals surface area contributed by atoms with E-state index in [9.17, 15) is 9.59 Å². The molecule has 6 heteroatoms. The van der Waals surface area contributed by atoms with Crippen LogP contribution in [-0.4, -0.2) is 48.4 Å². The molecule has 0 spiro atoms. The second kappa shape index (κ2) is 9.45. The van der Waals surface area contributed by atoms with Crippen molar-refractivity contribution in [1.82, 2.24) is 9.80 Å². The van der Waals surface area contributed by atoms with Gasteiger partial charge in [0.05, 0.1) is 6.04 Å². The second-order valence-electron chi connectivity index (χ2n) is 7.71. The van der Waals surface area contributed by atoms with E-state index in [-0.39, 0.29) is 18.0 Å². The highest BCUT2D eigenvalue weighted by Gasteiger charge is 2.30. The first-order valence-electron chi connectivity index (χ1n) is 10.4. The SMILES string of the molecule is CN1CCN(C(=O)c2ccc(NC(=O)Nc3ccccc3)cc2)[C@@H](c2ccccc2)C1. The molecule has 1 fully saturated rings. The van der Waals surface area contributed by atoms with Crippen LogP contribution in [0.15, 0.2) is 84.9 Å². The van der Waals surface area contributed by atoms with Crippen LogP contribution in [0.4, 0.5) is 16.2 Å². The van der Waals surface area contributed by atoms with Gasteiger partial charge in [0.1, 0.15) is 0 Å². The van der Waals surface area contributed by atoms with Gasteiger partial charge in [-0.1, -0.05) is 48.5 Å². The lowest BCUT2D eigenvalue weighted by Gasteiger charge is -2.40. The molecule has 1 atom stereocenters. The summed E-state index contributed by atoms with van der Waals surface area (Å²) < 4.78 is 0. The normalized spacial score (nSPS) is 16.5. The van der Waals surface area contributed by atoms with Gasteiger partial charge in [-0.3, -0.25) is 4.79 Å². The topological polar surface area (TPSA) is 64.7 Å². The van der Waals surface area contributed by atoms with Crippen molar-refractivity contribution in [3.8, 4) is 0 Å². The highest BCUT2D eigenvalue weighted by molar-refractivity contribution is 6.00. The Bertz CT molecular complexity index is 1020. The van der Waals surface area contributed by atoms with E-state index in [1.165, 1.54) is 0 Å². The van der Waals surface area contributed by atoms with Crippen LogP contribution in [0.5, 0.6) is 0 Å². The number of hydrogen-bond donors (Lipinski definition) is 2. The Hall–Kier alpha value is -3.64. The zero-order valence-corrected chi connectivity index (χ0v) is 17.5. The molecule has 4 rings (SSSR count). The largest absolute Gasteiger partial charge is 0.329 e. The molecule has 1 saturated heterocycles. The summed E-state index contributed by atoms with van der Waals surface area (Å²) >= 11 is 0. The van der Waals surface area contributed by atoms with Crippen molar-refractivity contribution in [3.05, 3.63) is 96.1 Å². The fourth-order valence-electron chi connectivity index (χ4n) is 3.80. The molecule has 2 N–H and O–H groups in total. The molecule has 0 aromatic heterocycles. The van der Waals surface area contributed by atoms with Crippen LogP contribution in [-0.2, 0) is 0 Å². The molecule has 0 radical (unpaired) electrons. The number of urea groups is 1. The first-order valence-corrected chi connectivity index (χ1v) is 10.4. The first kappa shape index (κ1) is 20.6. The number of piperazine rings is 1. The van der Waals surface area contributed by atoms with Gasteiger partial charge in [0, 0.05) is 36.6 Å². The highest BCUT2D eigenvalue weighted by Crippen LogP contribution is 2.27. The third-order valence-corrected chi connectivity index (χ3v) is 5.45. The van der Waals surface area contributed by atoms with Crippen LogP contribution < -0.4 is 10.6 Å². The number of amides is 3. The fourth-order valence-corrected chi connectivity index (χ4v) is 3.80. The van der Waals surface area contributed by atoms with Gasteiger partial charge in [-0.2, -0.15) is 0 Å². The molecule has 3 aromatic rings. The minimum Gasteiger partial charge on any atom is -0.329 e. The van der Waals surface area contributed by atoms with Crippen LogP contribution in [0.25, 0.3) is 0 Å². The second-order valence-corrected chi connectivity index (χ2v) is 7.71. The molecular formula is C25H26N4O2. The minimum absolute atomic E-state index is 0.00207. The van der Waals surface area contributed by atoms with Crippen LogP contribution in [0.2, 0.25) is 0 Å². The van der Waals surface area contributed by atoms with E-state index < -0.39 is 0 Å². The van der Waals surface area contributed by atoms with E-state index >= 15 is 0 Å². The lowest BCUT2D eigenvalue weighted by atomic mass is 10.0. The van der Waals surface area contributed by atoms with E-state index in [4.69, 9.17) is 0 Å². The van der Waals surface area contributed by atoms with Gasteiger partial charge in [0.2, 0.25) is 0 Å². The monoisotopic (exact) mass is 414 g/mol. The predicted octanol–water partition coefficient (Wildman–Crippen LogP) is 4.46. The van der Waals surface area contributed by atoms with Crippen LogP contribution >= 0.6 is 0 Å². The van der Waals surface area contributed by atoms with Crippen molar-refractivity contribution in [2.75, 3.05) is 37.3 Å². The zero-order chi connectivity index (χ0) is 21.6. The molecule has 0 aliphatic carbocycles. The van der Waals surface area contributed by atoms with Gasteiger partial charge in [0.15, 0.2) is 0 Å². The zero-order valence-electron chi connectivity index (χ0n) is 17.5. The molecule has 6 nitrogen and oxygen atoms in total. The van der Waals surface area contributed by atoms with Gasteiger partial charge in [-0.25, -0.2) is 4.79 Å². The molecular weight excluding hydrogens is 388 g/mol. The van der Waals surface area contributed by atoms with E-state index in [1.54, 1.807) is 24.3 Å². The van der Waals surface area contributed by atoms with Crippen LogP contribution in [0, 0.1) is 0 Å². The number of anilines is 2. The van der Waals surface area contributed by atoms with Crippen molar-refractivity contribution in [2.24, 2.45) is 0 Å². The van der Waals surface area contributed by atoms with E-state index in [0.29, 0.717) is 23.5 Å².